The summed E-state index contributed by atoms with van der Waals surface area (Å²) >= 11 is 0. The zero-order valence-electron chi connectivity index (χ0n) is 32.8. The Hall–Kier alpha value is -5.46. The molecule has 0 aliphatic rings. The summed E-state index contributed by atoms with van der Waals surface area (Å²) in [6, 6.07) is 50.6. The fourth-order valence-corrected chi connectivity index (χ4v) is 7.46. The van der Waals surface area contributed by atoms with Gasteiger partial charge in [0.1, 0.15) is 0 Å². The molecule has 0 spiro atoms. The molecule has 4 heterocycles. The second-order valence-electron chi connectivity index (χ2n) is 13.8. The van der Waals surface area contributed by atoms with E-state index >= 15 is 0 Å². The van der Waals surface area contributed by atoms with E-state index in [4.69, 9.17) is 13.5 Å². The molecule has 9 aromatic rings. The minimum Gasteiger partial charge on any atom is -0.486 e. The van der Waals surface area contributed by atoms with Crippen molar-refractivity contribution < 1.29 is 28.6 Å². The van der Waals surface area contributed by atoms with Gasteiger partial charge in [-0.1, -0.05) is 110 Å². The number of nitrogens with zero attached hydrogens (tertiary/aromatic N) is 4. The smallest absolute Gasteiger partial charge is 0.216 e. The van der Waals surface area contributed by atoms with Crippen LogP contribution in [0.1, 0.15) is 15.4 Å². The van der Waals surface area contributed by atoms with Crippen LogP contribution < -0.4 is 5.19 Å². The number of aryl methyl sites for hydroxylation is 2. The normalized spacial score (nSPS) is 12.4. The van der Waals surface area contributed by atoms with Gasteiger partial charge < -0.3 is 14.0 Å². The molecule has 0 unspecified atom stereocenters. The summed E-state index contributed by atoms with van der Waals surface area (Å²) < 4.78 is 30.6. The van der Waals surface area contributed by atoms with E-state index in [1.807, 2.05) is 61.7 Å². The zero-order chi connectivity index (χ0) is 38.3. The van der Waals surface area contributed by atoms with Crippen LogP contribution in [0.4, 0.5) is 0 Å². The van der Waals surface area contributed by atoms with Gasteiger partial charge in [0.15, 0.2) is 0 Å². The largest absolute Gasteiger partial charge is 0.486 e. The van der Waals surface area contributed by atoms with Crippen LogP contribution in [0.5, 0.6) is 0 Å². The maximum absolute atomic E-state index is 7.35. The van der Waals surface area contributed by atoms with Gasteiger partial charge in [-0.25, -0.2) is 4.98 Å². The molecule has 263 valence electrons. The van der Waals surface area contributed by atoms with E-state index < -0.39 is 14.9 Å². The molecule has 0 saturated carbocycles. The first kappa shape index (κ1) is 32.2. The summed E-state index contributed by atoms with van der Waals surface area (Å²) in [6.45, 7) is 6.73. The fraction of sp³-hybridized carbons (Fsp3) is 0.109. The molecule has 5 aromatic carbocycles. The van der Waals surface area contributed by atoms with Crippen LogP contribution in [-0.2, 0) is 20.1 Å². The fourth-order valence-electron chi connectivity index (χ4n) is 6.43. The van der Waals surface area contributed by atoms with Crippen LogP contribution in [0.15, 0.2) is 144 Å². The van der Waals surface area contributed by atoms with Crippen LogP contribution in [-0.4, -0.2) is 27.6 Å². The average Bonchev–Trinajstić information content (AvgIpc) is 3.76. The number of para-hydroxylation sites is 3. The van der Waals surface area contributed by atoms with Gasteiger partial charge in [0.2, 0.25) is 5.71 Å². The van der Waals surface area contributed by atoms with Crippen LogP contribution in [0.25, 0.3) is 72.6 Å². The molecule has 1 radical (unpaired) electrons. The molecule has 0 N–H and O–H groups in total. The molecule has 0 aliphatic carbocycles. The molecule has 0 aliphatic heterocycles. The number of pyridine rings is 2. The number of benzene rings is 5. The summed E-state index contributed by atoms with van der Waals surface area (Å²) in [5.74, 6) is 0.788. The second-order valence-corrected chi connectivity index (χ2v) is 18.9. The van der Waals surface area contributed by atoms with Crippen LogP contribution in [0.3, 0.4) is 0 Å². The number of fused-ring (bicyclic) bond motifs is 4. The predicted molar refractivity (Wildman–Crippen MR) is 217 cm³/mol. The van der Waals surface area contributed by atoms with Gasteiger partial charge in [-0.05, 0) is 53.7 Å². The Morgan fingerprint density at radius 2 is 1.55 bits per heavy atom. The number of aromatic nitrogens is 4. The molecule has 0 saturated heterocycles. The quantitative estimate of drug-likeness (QED) is 0.128. The number of imidazole rings is 1. The van der Waals surface area contributed by atoms with Gasteiger partial charge in [-0.2, -0.15) is 0 Å². The Balaban J connectivity index is 0.000000197. The Morgan fingerprint density at radius 3 is 2.30 bits per heavy atom. The standard InChI is InChI=1S/C31H20N3O.C15H18NSi.Ir/c1-20-18-19-24-23-13-9-14-25(29(23)35-31(24)32-20)30-33-26-15-6-8-17-28(26)34(30)27-16-7-5-12-22(27)21-10-3-2-4-11-21;1-12-5-7-13(8-6-12)15-10-9-14(11-16-15)17(2,3)4;/h2-13,15-19H,1H3;5-7,9-11H,1-4H3;/q2*-1;/i;1D3;. The molecule has 7 heteroatoms. The molecule has 53 heavy (non-hydrogen) atoms. The van der Waals surface area contributed by atoms with Crippen molar-refractivity contribution in [3.05, 3.63) is 163 Å². The van der Waals surface area contributed by atoms with Gasteiger partial charge in [0.25, 0.3) is 0 Å². The molecule has 0 bridgehead atoms. The molecular weight excluding hydrogens is 845 g/mol. The van der Waals surface area contributed by atoms with E-state index in [1.165, 1.54) is 11.3 Å². The molecule has 9 rings (SSSR count). The van der Waals surface area contributed by atoms with Gasteiger partial charge >= 0.3 is 0 Å². The van der Waals surface area contributed by atoms with E-state index in [0.717, 1.165) is 72.5 Å². The van der Waals surface area contributed by atoms with Gasteiger partial charge in [-0.15, -0.1) is 53.6 Å². The number of hydrogen-bond acceptors (Lipinski definition) is 4. The third-order valence-electron chi connectivity index (χ3n) is 9.17. The Kier molecular flexibility index (Phi) is 9.04. The first-order valence-electron chi connectivity index (χ1n) is 18.8. The number of furan rings is 1. The first-order valence-corrected chi connectivity index (χ1v) is 20.8. The molecule has 4 aromatic heterocycles. The molecule has 5 nitrogen and oxygen atoms in total. The van der Waals surface area contributed by atoms with Gasteiger partial charge in [-0.3, -0.25) is 4.98 Å². The molecule has 0 fully saturated rings. The first-order chi connectivity index (χ1) is 26.5. The van der Waals surface area contributed by atoms with E-state index in [2.05, 4.69) is 113 Å². The Bertz CT molecular complexity index is 2740. The average molecular weight is 886 g/mol. The van der Waals surface area contributed by atoms with Crippen molar-refractivity contribution in [2.24, 2.45) is 0 Å². The van der Waals surface area contributed by atoms with Crippen LogP contribution in [0.2, 0.25) is 19.6 Å². The summed E-state index contributed by atoms with van der Waals surface area (Å²) in [4.78, 5) is 14.2. The van der Waals surface area contributed by atoms with Gasteiger partial charge in [0, 0.05) is 52.7 Å². The van der Waals surface area contributed by atoms with Crippen molar-refractivity contribution in [2.45, 2.75) is 33.4 Å². The van der Waals surface area contributed by atoms with Crippen molar-refractivity contribution in [3.8, 4) is 39.5 Å². The minimum atomic E-state index is -2.08. The van der Waals surface area contributed by atoms with E-state index in [-0.39, 0.29) is 20.1 Å². The van der Waals surface area contributed by atoms with Crippen molar-refractivity contribution in [1.29, 1.82) is 0 Å². The molecule has 0 atom stereocenters. The maximum Gasteiger partial charge on any atom is 0.216 e. The second kappa shape index (κ2) is 14.9. The van der Waals surface area contributed by atoms with Crippen molar-refractivity contribution in [3.63, 3.8) is 0 Å². The SMILES string of the molecule is Cc1ccc2c(n1)oc1c(-c3nc4ccccc4n3-c3ccccc3-c3ccccc3)[c-]ccc12.[2H]C([2H])([2H])c1c[c-]c(-c2ccc([Si](C)(C)C)cn2)cc1.[Ir]. The third-order valence-corrected chi connectivity index (χ3v) is 11.2. The molecule has 0 amide bonds. The van der Waals surface area contributed by atoms with Crippen LogP contribution >= 0.6 is 0 Å². The van der Waals surface area contributed by atoms with E-state index in [0.29, 0.717) is 11.3 Å². The van der Waals surface area contributed by atoms with E-state index in [1.54, 1.807) is 12.1 Å². The van der Waals surface area contributed by atoms with Crippen molar-refractivity contribution in [2.75, 3.05) is 0 Å². The summed E-state index contributed by atoms with van der Waals surface area (Å²) in [6.07, 6.45) is 1.92. The number of hydrogen-bond donors (Lipinski definition) is 0. The predicted octanol–water partition coefficient (Wildman–Crippen LogP) is 11.2. The monoisotopic (exact) mass is 886 g/mol. The summed E-state index contributed by atoms with van der Waals surface area (Å²) in [7, 11) is -1.34. The topological polar surface area (TPSA) is 56.7 Å². The Morgan fingerprint density at radius 1 is 0.755 bits per heavy atom. The van der Waals surface area contributed by atoms with Gasteiger partial charge in [0.05, 0.1) is 30.5 Å². The molecular formula is C46H38IrN4OSi-2. The summed E-state index contributed by atoms with van der Waals surface area (Å²) in [5.41, 5.74) is 10.3. The number of rotatable bonds is 5. The van der Waals surface area contributed by atoms with Crippen LogP contribution in [0, 0.1) is 25.9 Å². The zero-order valence-corrected chi connectivity index (χ0v) is 33.2. The third kappa shape index (κ3) is 7.16. The minimum absolute atomic E-state index is 0. The van der Waals surface area contributed by atoms with E-state index in [9.17, 15) is 0 Å². The van der Waals surface area contributed by atoms with Crippen molar-refractivity contribution in [1.82, 2.24) is 19.5 Å². The maximum atomic E-state index is 7.35. The van der Waals surface area contributed by atoms with Crippen molar-refractivity contribution >= 4 is 46.4 Å². The summed E-state index contributed by atoms with van der Waals surface area (Å²) in [5, 5.41) is 3.31. The Labute approximate surface area is 329 Å².